The summed E-state index contributed by atoms with van der Waals surface area (Å²) >= 11 is 1.68. The fraction of sp³-hybridized carbons (Fsp3) is 0.350. The first kappa shape index (κ1) is 16.9. The Morgan fingerprint density at radius 2 is 2.17 bits per heavy atom. The maximum atomic E-state index is 12.3. The van der Waals surface area contributed by atoms with Crippen LogP contribution in [-0.4, -0.2) is 25.3 Å². The Labute approximate surface area is 148 Å². The molecule has 4 heteroatoms. The summed E-state index contributed by atoms with van der Waals surface area (Å²) in [5, 5.41) is 2.12. The van der Waals surface area contributed by atoms with Crippen molar-refractivity contribution < 1.29 is 4.79 Å². The number of anilines is 2. The minimum Gasteiger partial charge on any atom is -0.339 e. The van der Waals surface area contributed by atoms with E-state index >= 15 is 0 Å². The number of fused-ring (bicyclic) bond motifs is 1. The Balaban J connectivity index is 2.04. The van der Waals surface area contributed by atoms with Crippen LogP contribution >= 0.6 is 11.8 Å². The maximum absolute atomic E-state index is 12.3. The monoisotopic (exact) mass is 340 g/mol. The molecule has 0 aromatic heterocycles. The van der Waals surface area contributed by atoms with Gasteiger partial charge in [0.05, 0.1) is 11.4 Å². The number of thioether (sulfide) groups is 1. The smallest absolute Gasteiger partial charge is 0.227 e. The second kappa shape index (κ2) is 7.31. The number of rotatable bonds is 5. The molecule has 0 saturated carbocycles. The Morgan fingerprint density at radius 1 is 1.33 bits per heavy atom. The second-order valence-electron chi connectivity index (χ2n) is 6.22. The molecule has 0 unspecified atom stereocenters. The van der Waals surface area contributed by atoms with Gasteiger partial charge in [0.15, 0.2) is 0 Å². The third-order valence-corrected chi connectivity index (χ3v) is 5.21. The number of nitrogens with zero attached hydrogens (tertiary/aromatic N) is 2. The minimum atomic E-state index is 0.225. The summed E-state index contributed by atoms with van der Waals surface area (Å²) in [5.74, 6) is 0.225. The Morgan fingerprint density at radius 3 is 2.83 bits per heavy atom. The van der Waals surface area contributed by atoms with Crippen molar-refractivity contribution in [2.24, 2.45) is 0 Å². The summed E-state index contributed by atoms with van der Waals surface area (Å²) in [6, 6.07) is 6.31. The van der Waals surface area contributed by atoms with E-state index in [0.29, 0.717) is 6.42 Å². The number of para-hydroxylation sites is 1. The summed E-state index contributed by atoms with van der Waals surface area (Å²) < 4.78 is 0. The zero-order valence-corrected chi connectivity index (χ0v) is 15.1. The van der Waals surface area contributed by atoms with Crippen molar-refractivity contribution >= 4 is 29.0 Å². The third kappa shape index (κ3) is 3.16. The first-order valence-electron chi connectivity index (χ1n) is 8.37. The number of allylic oxidation sites excluding steroid dienone is 1. The molecule has 24 heavy (non-hydrogen) atoms. The molecule has 0 radical (unpaired) electrons. The number of benzene rings is 1. The van der Waals surface area contributed by atoms with E-state index in [-0.39, 0.29) is 5.91 Å². The number of carbonyl (C=O) groups excluding carboxylic acids is 1. The lowest BCUT2D eigenvalue weighted by molar-refractivity contribution is -0.117. The predicted octanol–water partition coefficient (Wildman–Crippen LogP) is 4.51. The third-order valence-electron chi connectivity index (χ3n) is 4.67. The Bertz CT molecular complexity index is 708. The van der Waals surface area contributed by atoms with Crippen LogP contribution in [0, 0.1) is 0 Å². The van der Waals surface area contributed by atoms with Crippen molar-refractivity contribution in [3.63, 3.8) is 0 Å². The fourth-order valence-corrected chi connectivity index (χ4v) is 3.93. The van der Waals surface area contributed by atoms with Crippen molar-refractivity contribution in [3.05, 3.63) is 59.7 Å². The zero-order chi connectivity index (χ0) is 17.1. The highest BCUT2D eigenvalue weighted by Crippen LogP contribution is 2.41. The molecular weight excluding hydrogens is 316 g/mol. The van der Waals surface area contributed by atoms with Gasteiger partial charge in [0.2, 0.25) is 5.91 Å². The highest BCUT2D eigenvalue weighted by Gasteiger charge is 2.29. The molecule has 1 fully saturated rings. The van der Waals surface area contributed by atoms with Gasteiger partial charge in [-0.2, -0.15) is 0 Å². The first-order chi connectivity index (χ1) is 11.7. The van der Waals surface area contributed by atoms with Gasteiger partial charge < -0.3 is 9.80 Å². The Kier molecular flexibility index (Phi) is 5.14. The molecule has 1 saturated heterocycles. The molecule has 0 N–H and O–H groups in total. The fourth-order valence-electron chi connectivity index (χ4n) is 3.46. The summed E-state index contributed by atoms with van der Waals surface area (Å²) in [7, 11) is 0. The number of amides is 1. The van der Waals surface area contributed by atoms with Crippen LogP contribution in [0.3, 0.4) is 0 Å². The first-order valence-corrected chi connectivity index (χ1v) is 9.66. The van der Waals surface area contributed by atoms with E-state index in [4.69, 9.17) is 0 Å². The van der Waals surface area contributed by atoms with Crippen LogP contribution in [0.1, 0.15) is 24.8 Å². The van der Waals surface area contributed by atoms with Gasteiger partial charge in [-0.25, -0.2) is 0 Å². The van der Waals surface area contributed by atoms with Crippen LogP contribution in [0.4, 0.5) is 11.4 Å². The predicted molar refractivity (Wildman–Crippen MR) is 105 cm³/mol. The van der Waals surface area contributed by atoms with Gasteiger partial charge in [-0.15, -0.1) is 11.8 Å². The number of aryl methyl sites for hydroxylation is 1. The normalized spacial score (nSPS) is 18.1. The molecule has 2 aliphatic heterocycles. The van der Waals surface area contributed by atoms with Crippen LogP contribution in [-0.2, 0) is 11.2 Å². The average molecular weight is 340 g/mol. The summed E-state index contributed by atoms with van der Waals surface area (Å²) in [4.78, 5) is 16.5. The summed E-state index contributed by atoms with van der Waals surface area (Å²) in [6.45, 7) is 9.77. The largest absolute Gasteiger partial charge is 0.339 e. The van der Waals surface area contributed by atoms with Crippen molar-refractivity contribution in [2.75, 3.05) is 29.1 Å². The molecular formula is C20H24N2OS. The summed E-state index contributed by atoms with van der Waals surface area (Å²) in [5.41, 5.74) is 5.75. The molecule has 2 heterocycles. The molecule has 1 aromatic carbocycles. The van der Waals surface area contributed by atoms with Crippen LogP contribution in [0.15, 0.2) is 54.1 Å². The molecule has 2 aliphatic rings. The van der Waals surface area contributed by atoms with Gasteiger partial charge in [-0.3, -0.25) is 4.79 Å². The molecule has 3 nitrogen and oxygen atoms in total. The highest BCUT2D eigenvalue weighted by atomic mass is 32.2. The van der Waals surface area contributed by atoms with E-state index < -0.39 is 0 Å². The van der Waals surface area contributed by atoms with E-state index in [1.807, 2.05) is 11.0 Å². The van der Waals surface area contributed by atoms with Crippen LogP contribution in [0.25, 0.3) is 0 Å². The lowest BCUT2D eigenvalue weighted by Crippen LogP contribution is -2.33. The van der Waals surface area contributed by atoms with Gasteiger partial charge in [0, 0.05) is 25.2 Å². The van der Waals surface area contributed by atoms with E-state index in [2.05, 4.69) is 47.9 Å². The molecule has 0 bridgehead atoms. The minimum absolute atomic E-state index is 0.225. The Hall–Kier alpha value is -1.94. The molecule has 0 spiro atoms. The molecule has 0 aliphatic carbocycles. The molecule has 1 aromatic rings. The van der Waals surface area contributed by atoms with E-state index in [1.54, 1.807) is 11.8 Å². The van der Waals surface area contributed by atoms with Crippen molar-refractivity contribution in [1.29, 1.82) is 0 Å². The molecule has 3 rings (SSSR count). The van der Waals surface area contributed by atoms with Gasteiger partial charge in [0.1, 0.15) is 0 Å². The van der Waals surface area contributed by atoms with Gasteiger partial charge in [-0.1, -0.05) is 31.4 Å². The lowest BCUT2D eigenvalue weighted by Gasteiger charge is -2.36. The van der Waals surface area contributed by atoms with Crippen LogP contribution in [0.2, 0.25) is 0 Å². The standard InChI is InChI=1S/C20H24N2OS/c1-4-16(14-24-3)13-22-15(2)10-11-17-7-5-8-18(20(17)22)21-12-6-9-19(21)23/h4-5,7-8,14H,1-2,6,9-13H2,3H3/b16-14+. The number of carbonyl (C=O) groups is 1. The SMILES string of the molecule is C=C/C(=C\SC)CN1C(=C)CCc2cccc(N3CCCC3=O)c21. The second-order valence-corrected chi connectivity index (χ2v) is 6.93. The topological polar surface area (TPSA) is 23.6 Å². The quantitative estimate of drug-likeness (QED) is 0.737. The highest BCUT2D eigenvalue weighted by molar-refractivity contribution is 8.01. The van der Waals surface area contributed by atoms with Crippen molar-refractivity contribution in [3.8, 4) is 0 Å². The van der Waals surface area contributed by atoms with Crippen molar-refractivity contribution in [2.45, 2.75) is 25.7 Å². The number of hydrogen-bond donors (Lipinski definition) is 0. The van der Waals surface area contributed by atoms with Crippen LogP contribution in [0.5, 0.6) is 0 Å². The molecule has 0 atom stereocenters. The molecule has 1 amide bonds. The lowest BCUT2D eigenvalue weighted by atomic mass is 9.97. The van der Waals surface area contributed by atoms with Gasteiger partial charge in [0.25, 0.3) is 0 Å². The number of hydrogen-bond acceptors (Lipinski definition) is 3. The van der Waals surface area contributed by atoms with Gasteiger partial charge >= 0.3 is 0 Å². The zero-order valence-electron chi connectivity index (χ0n) is 14.3. The van der Waals surface area contributed by atoms with E-state index in [1.165, 1.54) is 11.1 Å². The van der Waals surface area contributed by atoms with E-state index in [9.17, 15) is 4.79 Å². The van der Waals surface area contributed by atoms with Gasteiger partial charge in [-0.05, 0) is 48.1 Å². The maximum Gasteiger partial charge on any atom is 0.227 e. The van der Waals surface area contributed by atoms with Crippen LogP contribution < -0.4 is 9.80 Å². The molecule has 126 valence electrons. The average Bonchev–Trinajstić information content (AvgIpc) is 3.02. The summed E-state index contributed by atoms with van der Waals surface area (Å²) in [6.07, 6.45) is 7.48. The van der Waals surface area contributed by atoms with E-state index in [0.717, 1.165) is 49.4 Å². The van der Waals surface area contributed by atoms with Crippen molar-refractivity contribution in [1.82, 2.24) is 0 Å².